The highest BCUT2D eigenvalue weighted by atomic mass is 16.5. The van der Waals surface area contributed by atoms with E-state index in [1.165, 1.54) is 25.7 Å². The fourth-order valence-electron chi connectivity index (χ4n) is 1.97. The lowest BCUT2D eigenvalue weighted by Crippen LogP contribution is -2.25. The number of ether oxygens (including phenoxy) is 1. The summed E-state index contributed by atoms with van der Waals surface area (Å²) in [6, 6.07) is 0. The second kappa shape index (κ2) is 6.02. The van der Waals surface area contributed by atoms with Gasteiger partial charge in [-0.2, -0.15) is 0 Å². The number of allylic oxidation sites excluding steroid dienone is 1. The van der Waals surface area contributed by atoms with E-state index in [4.69, 9.17) is 4.74 Å². The Kier molecular flexibility index (Phi) is 4.95. The van der Waals surface area contributed by atoms with E-state index in [-0.39, 0.29) is 0 Å². The van der Waals surface area contributed by atoms with E-state index in [1.807, 2.05) is 6.08 Å². The molecule has 0 spiro atoms. The zero-order valence-corrected chi connectivity index (χ0v) is 9.30. The summed E-state index contributed by atoms with van der Waals surface area (Å²) in [5.41, 5.74) is 1.08. The molecule has 1 rings (SSSR count). The highest BCUT2D eigenvalue weighted by Gasteiger charge is 2.21. The van der Waals surface area contributed by atoms with Crippen molar-refractivity contribution in [1.29, 1.82) is 0 Å². The topological polar surface area (TPSA) is 9.23 Å². The first-order valence-corrected chi connectivity index (χ1v) is 5.66. The van der Waals surface area contributed by atoms with Crippen molar-refractivity contribution in [3.05, 3.63) is 24.8 Å². The number of hydrogen-bond acceptors (Lipinski definition) is 1. The average molecular weight is 194 g/mol. The summed E-state index contributed by atoms with van der Waals surface area (Å²) in [5, 5.41) is 0. The van der Waals surface area contributed by atoms with Gasteiger partial charge in [-0.15, -0.1) is 0 Å². The van der Waals surface area contributed by atoms with Gasteiger partial charge in [-0.05, 0) is 25.2 Å². The van der Waals surface area contributed by atoms with E-state index in [0.717, 1.165) is 24.5 Å². The molecule has 0 amide bonds. The summed E-state index contributed by atoms with van der Waals surface area (Å²) < 4.78 is 5.86. The Labute approximate surface area is 87.8 Å². The van der Waals surface area contributed by atoms with Gasteiger partial charge in [0.25, 0.3) is 0 Å². The molecule has 1 nitrogen and oxygen atoms in total. The van der Waals surface area contributed by atoms with Gasteiger partial charge in [-0.25, -0.2) is 0 Å². The first-order valence-electron chi connectivity index (χ1n) is 5.66. The van der Waals surface area contributed by atoms with E-state index in [9.17, 15) is 0 Å². The maximum atomic E-state index is 5.86. The molecule has 2 atom stereocenters. The molecule has 0 aliphatic heterocycles. The van der Waals surface area contributed by atoms with Crippen LogP contribution < -0.4 is 0 Å². The van der Waals surface area contributed by atoms with Crippen LogP contribution in [0.2, 0.25) is 0 Å². The summed E-state index contributed by atoms with van der Waals surface area (Å²) in [5.74, 6) is 0.737. The quantitative estimate of drug-likeness (QED) is 0.606. The monoisotopic (exact) mass is 194 g/mol. The molecule has 0 aromatic heterocycles. The molecule has 0 heterocycles. The molecule has 1 saturated carbocycles. The molecule has 1 aliphatic carbocycles. The van der Waals surface area contributed by atoms with Crippen molar-refractivity contribution in [3.8, 4) is 0 Å². The number of rotatable bonds is 5. The van der Waals surface area contributed by atoms with Crippen molar-refractivity contribution < 1.29 is 4.74 Å². The van der Waals surface area contributed by atoms with Crippen molar-refractivity contribution in [1.82, 2.24) is 0 Å². The Bertz CT molecular complexity index is 195. The molecule has 1 heteroatoms. The van der Waals surface area contributed by atoms with Crippen LogP contribution in [0, 0.1) is 5.92 Å². The van der Waals surface area contributed by atoms with Crippen molar-refractivity contribution in [3.63, 3.8) is 0 Å². The predicted octanol–water partition coefficient (Wildman–Crippen LogP) is 3.71. The minimum Gasteiger partial charge on any atom is -0.378 e. The lowest BCUT2D eigenvalue weighted by molar-refractivity contribution is -0.00306. The second-order valence-corrected chi connectivity index (χ2v) is 4.28. The van der Waals surface area contributed by atoms with Gasteiger partial charge in [0.1, 0.15) is 0 Å². The highest BCUT2D eigenvalue weighted by Crippen LogP contribution is 2.26. The van der Waals surface area contributed by atoms with E-state index >= 15 is 0 Å². The van der Waals surface area contributed by atoms with E-state index in [1.54, 1.807) is 0 Å². The summed E-state index contributed by atoms with van der Waals surface area (Å²) in [4.78, 5) is 0. The standard InChI is InChI=1S/C13H22O/c1-4-11(2)9-10-14-13-8-6-5-7-12(13)3/h4,12-13H,1-2,5-10H2,3H3/t12-,13-/m1/s1. The summed E-state index contributed by atoms with van der Waals surface area (Å²) in [6.07, 6.45) is 8.49. The molecular weight excluding hydrogens is 172 g/mol. The maximum Gasteiger partial charge on any atom is 0.0600 e. The largest absolute Gasteiger partial charge is 0.378 e. The first kappa shape index (κ1) is 11.5. The molecule has 1 aliphatic rings. The molecular formula is C13H22O. The van der Waals surface area contributed by atoms with Crippen LogP contribution in [0.1, 0.15) is 39.0 Å². The van der Waals surface area contributed by atoms with Gasteiger partial charge >= 0.3 is 0 Å². The second-order valence-electron chi connectivity index (χ2n) is 4.28. The van der Waals surface area contributed by atoms with Gasteiger partial charge in [-0.1, -0.05) is 44.6 Å². The third-order valence-electron chi connectivity index (χ3n) is 3.08. The zero-order chi connectivity index (χ0) is 10.4. The van der Waals surface area contributed by atoms with Gasteiger partial charge in [0.05, 0.1) is 12.7 Å². The lowest BCUT2D eigenvalue weighted by atomic mass is 9.88. The van der Waals surface area contributed by atoms with Gasteiger partial charge in [0, 0.05) is 0 Å². The minimum absolute atomic E-state index is 0.487. The fourth-order valence-corrected chi connectivity index (χ4v) is 1.97. The molecule has 14 heavy (non-hydrogen) atoms. The summed E-state index contributed by atoms with van der Waals surface area (Å²) in [6.45, 7) is 10.7. The molecule has 80 valence electrons. The van der Waals surface area contributed by atoms with Gasteiger partial charge in [0.15, 0.2) is 0 Å². The third-order valence-corrected chi connectivity index (χ3v) is 3.08. The summed E-state index contributed by atoms with van der Waals surface area (Å²) in [7, 11) is 0. The molecule has 0 radical (unpaired) electrons. The van der Waals surface area contributed by atoms with Crippen LogP contribution in [0.15, 0.2) is 24.8 Å². The molecule has 0 unspecified atom stereocenters. The Hall–Kier alpha value is -0.560. The third kappa shape index (κ3) is 3.67. The van der Waals surface area contributed by atoms with Crippen molar-refractivity contribution >= 4 is 0 Å². The average Bonchev–Trinajstić information content (AvgIpc) is 2.20. The van der Waals surface area contributed by atoms with Crippen LogP contribution in [0.25, 0.3) is 0 Å². The summed E-state index contributed by atoms with van der Waals surface area (Å²) >= 11 is 0. The van der Waals surface area contributed by atoms with Gasteiger partial charge < -0.3 is 4.74 Å². The van der Waals surface area contributed by atoms with Crippen LogP contribution in [-0.2, 0) is 4.74 Å². The van der Waals surface area contributed by atoms with Crippen molar-refractivity contribution in [2.45, 2.75) is 45.1 Å². The molecule has 0 aromatic carbocycles. The maximum absolute atomic E-state index is 5.86. The van der Waals surface area contributed by atoms with Crippen molar-refractivity contribution in [2.24, 2.45) is 5.92 Å². The molecule has 0 bridgehead atoms. The van der Waals surface area contributed by atoms with Crippen LogP contribution in [0.3, 0.4) is 0 Å². The molecule has 0 N–H and O–H groups in total. The predicted molar refractivity (Wildman–Crippen MR) is 61.3 cm³/mol. The van der Waals surface area contributed by atoms with Crippen LogP contribution in [0.5, 0.6) is 0 Å². The van der Waals surface area contributed by atoms with Crippen LogP contribution in [-0.4, -0.2) is 12.7 Å². The SMILES string of the molecule is C=CC(=C)CCO[C@@H]1CCCC[C@H]1C. The Morgan fingerprint density at radius 3 is 2.79 bits per heavy atom. The van der Waals surface area contributed by atoms with Crippen LogP contribution in [0.4, 0.5) is 0 Å². The van der Waals surface area contributed by atoms with E-state index < -0.39 is 0 Å². The Morgan fingerprint density at radius 1 is 1.43 bits per heavy atom. The lowest BCUT2D eigenvalue weighted by Gasteiger charge is -2.28. The van der Waals surface area contributed by atoms with Crippen LogP contribution >= 0.6 is 0 Å². The molecule has 0 aromatic rings. The number of hydrogen-bond donors (Lipinski definition) is 0. The minimum atomic E-state index is 0.487. The smallest absolute Gasteiger partial charge is 0.0600 e. The zero-order valence-electron chi connectivity index (χ0n) is 9.30. The van der Waals surface area contributed by atoms with Gasteiger partial charge in [0.2, 0.25) is 0 Å². The van der Waals surface area contributed by atoms with Gasteiger partial charge in [-0.3, -0.25) is 0 Å². The Morgan fingerprint density at radius 2 is 2.14 bits per heavy atom. The van der Waals surface area contributed by atoms with E-state index in [0.29, 0.717) is 6.10 Å². The fraction of sp³-hybridized carbons (Fsp3) is 0.692. The Balaban J connectivity index is 2.16. The molecule has 0 saturated heterocycles. The molecule has 1 fully saturated rings. The van der Waals surface area contributed by atoms with Crippen molar-refractivity contribution in [2.75, 3.05) is 6.61 Å². The normalized spacial score (nSPS) is 27.2. The highest BCUT2D eigenvalue weighted by molar-refractivity contribution is 5.10. The van der Waals surface area contributed by atoms with E-state index in [2.05, 4.69) is 20.1 Å². The first-order chi connectivity index (χ1) is 6.74.